The van der Waals surface area contributed by atoms with Gasteiger partial charge in [-0.15, -0.1) is 11.8 Å². The molecule has 12 nitrogen and oxygen atoms in total. The molecule has 42 heavy (non-hydrogen) atoms. The highest BCUT2D eigenvalue weighted by Gasteiger charge is 2.41. The van der Waals surface area contributed by atoms with Gasteiger partial charge in [-0.25, -0.2) is 9.59 Å². The number of hydrogen-bond acceptors (Lipinski definition) is 10. The van der Waals surface area contributed by atoms with Crippen LogP contribution in [-0.4, -0.2) is 107 Å². The number of benzene rings is 2. The molecule has 0 spiro atoms. The highest BCUT2D eigenvalue weighted by Crippen LogP contribution is 2.48. The number of aliphatic carboxylic acids is 2. The number of amides is 1. The van der Waals surface area contributed by atoms with E-state index in [4.69, 9.17) is 29.9 Å². The quantitative estimate of drug-likeness (QED) is 0.291. The van der Waals surface area contributed by atoms with Crippen molar-refractivity contribution in [2.45, 2.75) is 37.4 Å². The average molecular weight is 605 g/mol. The Kier molecular flexibility index (Phi) is 13.0. The molecule has 0 saturated heterocycles. The number of methoxy groups -OCH3 is 1. The van der Waals surface area contributed by atoms with Crippen LogP contribution in [0.15, 0.2) is 60.3 Å². The minimum absolute atomic E-state index is 0.209. The molecule has 1 amide bonds. The molecule has 0 saturated carbocycles. The number of allylic oxidation sites excluding steroid dienone is 1. The number of likely N-dealkylation sites (N-methyl/N-ethyl adjacent to an activating group) is 1. The van der Waals surface area contributed by atoms with Crippen molar-refractivity contribution in [1.82, 2.24) is 9.80 Å². The van der Waals surface area contributed by atoms with Gasteiger partial charge in [0, 0.05) is 30.6 Å². The van der Waals surface area contributed by atoms with Crippen molar-refractivity contribution in [3.63, 3.8) is 0 Å². The van der Waals surface area contributed by atoms with Crippen LogP contribution in [0.1, 0.15) is 30.2 Å². The van der Waals surface area contributed by atoms with Gasteiger partial charge in [0.2, 0.25) is 0 Å². The number of carbonyl (C=O) groups is 4. The number of nitrogens with zero attached hydrogens (tertiary/aromatic N) is 2. The van der Waals surface area contributed by atoms with E-state index in [1.165, 1.54) is 6.92 Å². The zero-order valence-electron chi connectivity index (χ0n) is 24.0. The van der Waals surface area contributed by atoms with E-state index in [1.54, 1.807) is 23.8 Å². The fourth-order valence-corrected chi connectivity index (χ4v) is 5.28. The Bertz CT molecular complexity index is 1250. The molecule has 0 aromatic heterocycles. The fraction of sp³-hybridized carbons (Fsp3) is 0.379. The standard InChI is InChI=1S/C25H30N2O4S.C4H6O6/c1-17-23(19-9-7-6-8-10-19)32-24(20-11-13-21(30-5)14-12-20)22(31-18(2)28)25(29)27(17)16-15-26(3)4;5-1(3(7)8)2(6)4(9)10/h6-14,22,24H,15-16H2,1-5H3;1-2,5-6H,(H,7,8)(H,9,10)/t22-,24+;/m1./s1. The van der Waals surface area contributed by atoms with Crippen LogP contribution in [0.25, 0.3) is 4.91 Å². The van der Waals surface area contributed by atoms with Gasteiger partial charge in [-0.3, -0.25) is 9.59 Å². The Hall–Kier alpha value is -3.91. The summed E-state index contributed by atoms with van der Waals surface area (Å²) in [5.41, 5.74) is 2.78. The van der Waals surface area contributed by atoms with Gasteiger partial charge in [0.1, 0.15) is 5.75 Å². The van der Waals surface area contributed by atoms with Gasteiger partial charge in [-0.05, 0) is 44.3 Å². The van der Waals surface area contributed by atoms with Crippen LogP contribution < -0.4 is 4.74 Å². The Morgan fingerprint density at radius 1 is 0.976 bits per heavy atom. The predicted molar refractivity (Wildman–Crippen MR) is 155 cm³/mol. The smallest absolute Gasteiger partial charge is 0.335 e. The van der Waals surface area contributed by atoms with Gasteiger partial charge in [-0.1, -0.05) is 42.5 Å². The fourth-order valence-electron chi connectivity index (χ4n) is 3.89. The second-order valence-electron chi connectivity index (χ2n) is 9.48. The lowest BCUT2D eigenvalue weighted by Gasteiger charge is -2.29. The molecule has 4 atom stereocenters. The summed E-state index contributed by atoms with van der Waals surface area (Å²) in [6.07, 6.45) is -5.47. The molecule has 2 aromatic rings. The minimum atomic E-state index is -2.27. The van der Waals surface area contributed by atoms with Crippen LogP contribution in [0.2, 0.25) is 0 Å². The Morgan fingerprint density at radius 2 is 1.52 bits per heavy atom. The van der Waals surface area contributed by atoms with Gasteiger partial charge in [0.15, 0.2) is 18.3 Å². The Morgan fingerprint density at radius 3 is 1.98 bits per heavy atom. The zero-order chi connectivity index (χ0) is 31.6. The first-order chi connectivity index (χ1) is 19.8. The maximum Gasteiger partial charge on any atom is 0.335 e. The number of rotatable bonds is 10. The second kappa shape index (κ2) is 15.9. The summed E-state index contributed by atoms with van der Waals surface area (Å²) < 4.78 is 10.9. The van der Waals surface area contributed by atoms with Crippen LogP contribution >= 0.6 is 11.8 Å². The lowest BCUT2D eigenvalue weighted by Crippen LogP contribution is -2.43. The van der Waals surface area contributed by atoms with E-state index in [0.717, 1.165) is 27.5 Å². The molecule has 228 valence electrons. The normalized spacial score (nSPS) is 18.4. The first-order valence-corrected chi connectivity index (χ1v) is 13.7. The molecule has 0 radical (unpaired) electrons. The number of carbonyl (C=O) groups excluding carboxylic acids is 2. The Labute approximate surface area is 248 Å². The molecule has 3 rings (SSSR count). The Balaban J connectivity index is 0.000000528. The zero-order valence-corrected chi connectivity index (χ0v) is 24.8. The van der Waals surface area contributed by atoms with Crippen molar-refractivity contribution in [3.8, 4) is 5.75 Å². The van der Waals surface area contributed by atoms with Crippen LogP contribution in [0.5, 0.6) is 5.75 Å². The van der Waals surface area contributed by atoms with E-state index in [1.807, 2.05) is 80.5 Å². The maximum atomic E-state index is 13.7. The maximum absolute atomic E-state index is 13.7. The predicted octanol–water partition coefficient (Wildman–Crippen LogP) is 2.07. The van der Waals surface area contributed by atoms with Crippen LogP contribution in [0.4, 0.5) is 0 Å². The van der Waals surface area contributed by atoms with E-state index in [2.05, 4.69) is 0 Å². The summed E-state index contributed by atoms with van der Waals surface area (Å²) in [7, 11) is 5.55. The van der Waals surface area contributed by atoms with Gasteiger partial charge in [0.25, 0.3) is 5.91 Å². The molecular weight excluding hydrogens is 568 g/mol. The van der Waals surface area contributed by atoms with Gasteiger partial charge in [-0.2, -0.15) is 0 Å². The lowest BCUT2D eigenvalue weighted by molar-refractivity contribution is -0.165. The molecule has 2 unspecified atom stereocenters. The highest BCUT2D eigenvalue weighted by atomic mass is 32.2. The van der Waals surface area contributed by atoms with E-state index in [9.17, 15) is 19.2 Å². The molecule has 0 aliphatic carbocycles. The number of aliphatic hydroxyl groups excluding tert-OH is 2. The van der Waals surface area contributed by atoms with Crippen molar-refractivity contribution in [1.29, 1.82) is 0 Å². The number of hydrogen-bond donors (Lipinski definition) is 4. The van der Waals surface area contributed by atoms with Crippen molar-refractivity contribution in [2.75, 3.05) is 34.3 Å². The van der Waals surface area contributed by atoms with Gasteiger partial charge < -0.3 is 39.7 Å². The molecule has 1 heterocycles. The monoisotopic (exact) mass is 604 g/mol. The number of esters is 1. The van der Waals surface area contributed by atoms with Crippen LogP contribution in [0, 0.1) is 0 Å². The number of carboxylic acids is 2. The average Bonchev–Trinajstić information content (AvgIpc) is 3.05. The molecule has 1 aliphatic heterocycles. The highest BCUT2D eigenvalue weighted by molar-refractivity contribution is 8.08. The van der Waals surface area contributed by atoms with E-state index in [0.29, 0.717) is 13.1 Å². The largest absolute Gasteiger partial charge is 0.497 e. The molecular formula is C29H36N2O10S. The number of aliphatic hydroxyl groups is 2. The number of carboxylic acid groups (broad SMARTS) is 2. The van der Waals surface area contributed by atoms with E-state index in [-0.39, 0.29) is 5.91 Å². The topological polar surface area (TPSA) is 174 Å². The summed E-state index contributed by atoms with van der Waals surface area (Å²) in [6.45, 7) is 4.50. The van der Waals surface area contributed by atoms with Gasteiger partial charge >= 0.3 is 17.9 Å². The first-order valence-electron chi connectivity index (χ1n) is 12.8. The summed E-state index contributed by atoms with van der Waals surface area (Å²) in [6, 6.07) is 17.6. The summed E-state index contributed by atoms with van der Waals surface area (Å²) in [5.74, 6) is -3.50. The molecule has 0 bridgehead atoms. The van der Waals surface area contributed by atoms with Crippen molar-refractivity contribution in [3.05, 3.63) is 71.4 Å². The van der Waals surface area contributed by atoms with Crippen molar-refractivity contribution in [2.24, 2.45) is 0 Å². The van der Waals surface area contributed by atoms with Crippen LogP contribution in [-0.2, 0) is 23.9 Å². The first kappa shape index (κ1) is 34.3. The van der Waals surface area contributed by atoms with Crippen LogP contribution in [0.3, 0.4) is 0 Å². The number of ether oxygens (including phenoxy) is 2. The summed E-state index contributed by atoms with van der Waals surface area (Å²) >= 11 is 1.56. The second-order valence-corrected chi connectivity index (χ2v) is 10.6. The molecule has 2 aromatic carbocycles. The third-order valence-corrected chi connectivity index (χ3v) is 7.65. The molecule has 4 N–H and O–H groups in total. The summed E-state index contributed by atoms with van der Waals surface area (Å²) in [5, 5.41) is 32.1. The van der Waals surface area contributed by atoms with E-state index < -0.39 is 41.5 Å². The minimum Gasteiger partial charge on any atom is -0.497 e. The molecule has 1 aliphatic rings. The molecule has 0 fully saturated rings. The van der Waals surface area contributed by atoms with Gasteiger partial charge in [0.05, 0.1) is 12.4 Å². The third-order valence-electron chi connectivity index (χ3n) is 6.11. The molecule has 13 heteroatoms. The lowest BCUT2D eigenvalue weighted by atomic mass is 10.1. The van der Waals surface area contributed by atoms with E-state index >= 15 is 0 Å². The third kappa shape index (κ3) is 9.31. The summed E-state index contributed by atoms with van der Waals surface area (Å²) in [4.78, 5) is 50.1. The number of thioether (sulfide) groups is 1. The van der Waals surface area contributed by atoms with Crippen molar-refractivity contribution >= 4 is 40.5 Å². The van der Waals surface area contributed by atoms with Crippen molar-refractivity contribution < 1.29 is 49.1 Å². The SMILES string of the molecule is COc1ccc([C@@H]2SC(c3ccccc3)=C(C)N(CCN(C)C)C(=O)[C@@H]2OC(C)=O)cc1.O=C(O)C(O)C(O)C(=O)O.